The fraction of sp³-hybridized carbons (Fsp3) is 0.222. The molecule has 0 aliphatic rings. The van der Waals surface area contributed by atoms with E-state index in [0.29, 0.717) is 0 Å². The number of amides is 2. The minimum atomic E-state index is -4.02. The van der Waals surface area contributed by atoms with Crippen LogP contribution in [0.2, 0.25) is 5.02 Å². The summed E-state index contributed by atoms with van der Waals surface area (Å²) < 4.78 is 26.6. The first-order chi connectivity index (χ1) is 12.2. The topological polar surface area (TPSA) is 92.3 Å². The molecule has 2 aromatic rings. The van der Waals surface area contributed by atoms with E-state index in [4.69, 9.17) is 11.6 Å². The van der Waals surface area contributed by atoms with E-state index in [9.17, 15) is 18.0 Å². The Morgan fingerprint density at radius 2 is 1.54 bits per heavy atom. The van der Waals surface area contributed by atoms with Gasteiger partial charge in [0.2, 0.25) is 0 Å². The van der Waals surface area contributed by atoms with Crippen LogP contribution >= 0.6 is 11.6 Å². The molecule has 0 radical (unpaired) electrons. The molecule has 8 heteroatoms. The molecule has 6 nitrogen and oxygen atoms in total. The Kier molecular flexibility index (Phi) is 6.39. The maximum atomic E-state index is 12.5. The molecule has 0 heterocycles. The predicted octanol–water partition coefficient (Wildman–Crippen LogP) is 2.60. The summed E-state index contributed by atoms with van der Waals surface area (Å²) in [6.07, 6.45) is 0. The van der Waals surface area contributed by atoms with Crippen molar-refractivity contribution in [3.05, 3.63) is 65.2 Å². The van der Waals surface area contributed by atoms with Gasteiger partial charge < -0.3 is 5.32 Å². The number of benzene rings is 2. The van der Waals surface area contributed by atoms with Gasteiger partial charge in [0.25, 0.3) is 21.8 Å². The Labute approximate surface area is 157 Å². The van der Waals surface area contributed by atoms with Crippen molar-refractivity contribution in [3.8, 4) is 0 Å². The number of sulfonamides is 1. The fourth-order valence-electron chi connectivity index (χ4n) is 2.25. The molecule has 2 N–H and O–H groups in total. The lowest BCUT2D eigenvalue weighted by Gasteiger charge is -2.22. The zero-order chi connectivity index (χ0) is 19.3. The predicted molar refractivity (Wildman–Crippen MR) is 99.3 cm³/mol. The second kappa shape index (κ2) is 8.33. The van der Waals surface area contributed by atoms with Gasteiger partial charge in [0, 0.05) is 0 Å². The third-order valence-electron chi connectivity index (χ3n) is 3.64. The van der Waals surface area contributed by atoms with Crippen molar-refractivity contribution in [3.63, 3.8) is 0 Å². The summed E-state index contributed by atoms with van der Waals surface area (Å²) in [7, 11) is -4.02. The number of carbonyl (C=O) groups is 2. The molecule has 0 aliphatic carbocycles. The molecule has 2 amide bonds. The summed E-state index contributed by atoms with van der Waals surface area (Å²) >= 11 is 5.99. The van der Waals surface area contributed by atoms with Crippen molar-refractivity contribution in [1.82, 2.24) is 10.0 Å². The molecule has 1 atom stereocenters. The van der Waals surface area contributed by atoms with Crippen LogP contribution in [0.15, 0.2) is 59.5 Å². The standard InChI is InChI=1S/C18H19ClN2O4S/c1-12(2)16(20-17(22)14-10-6-7-11-15(14)19)18(23)21-26(24,25)13-8-4-3-5-9-13/h3-12,16H,1-2H3,(H,20,22)(H,21,23). The van der Waals surface area contributed by atoms with Crippen LogP contribution in [0.4, 0.5) is 0 Å². The van der Waals surface area contributed by atoms with Gasteiger partial charge in [-0.25, -0.2) is 13.1 Å². The summed E-state index contributed by atoms with van der Waals surface area (Å²) in [6.45, 7) is 3.40. The van der Waals surface area contributed by atoms with Crippen LogP contribution in [0.25, 0.3) is 0 Å². The van der Waals surface area contributed by atoms with Crippen LogP contribution in [0.3, 0.4) is 0 Å². The molecule has 0 aromatic heterocycles. The lowest BCUT2D eigenvalue weighted by Crippen LogP contribution is -2.51. The lowest BCUT2D eigenvalue weighted by atomic mass is 10.0. The monoisotopic (exact) mass is 394 g/mol. The number of halogens is 1. The lowest BCUT2D eigenvalue weighted by molar-refractivity contribution is -0.122. The van der Waals surface area contributed by atoms with Crippen molar-refractivity contribution in [2.24, 2.45) is 5.92 Å². The van der Waals surface area contributed by atoms with Crippen LogP contribution in [-0.4, -0.2) is 26.3 Å². The zero-order valence-corrected chi connectivity index (χ0v) is 15.8. The molecule has 0 aliphatic heterocycles. The highest BCUT2D eigenvalue weighted by Crippen LogP contribution is 2.16. The average Bonchev–Trinajstić information content (AvgIpc) is 2.60. The Morgan fingerprint density at radius 3 is 2.12 bits per heavy atom. The van der Waals surface area contributed by atoms with Gasteiger partial charge in [0.05, 0.1) is 15.5 Å². The quantitative estimate of drug-likeness (QED) is 0.787. The minimum absolute atomic E-state index is 0.0340. The van der Waals surface area contributed by atoms with E-state index < -0.39 is 27.9 Å². The fourth-order valence-corrected chi connectivity index (χ4v) is 3.50. The van der Waals surface area contributed by atoms with Gasteiger partial charge in [0.1, 0.15) is 6.04 Å². The third-order valence-corrected chi connectivity index (χ3v) is 5.33. The summed E-state index contributed by atoms with van der Waals surface area (Å²) in [5.74, 6) is -1.71. The molecule has 2 aromatic carbocycles. The highest BCUT2D eigenvalue weighted by atomic mass is 35.5. The number of hydrogen-bond acceptors (Lipinski definition) is 4. The second-order valence-corrected chi connectivity index (χ2v) is 8.05. The van der Waals surface area contributed by atoms with Gasteiger partial charge in [-0.1, -0.05) is 55.8 Å². The molecule has 0 fully saturated rings. The first-order valence-electron chi connectivity index (χ1n) is 7.89. The molecule has 1 unspecified atom stereocenters. The Morgan fingerprint density at radius 1 is 0.962 bits per heavy atom. The zero-order valence-electron chi connectivity index (χ0n) is 14.3. The number of hydrogen-bond donors (Lipinski definition) is 2. The maximum absolute atomic E-state index is 12.5. The van der Waals surface area contributed by atoms with Crippen molar-refractivity contribution < 1.29 is 18.0 Å². The van der Waals surface area contributed by atoms with Gasteiger partial charge in [-0.3, -0.25) is 9.59 Å². The van der Waals surface area contributed by atoms with E-state index >= 15 is 0 Å². The molecular weight excluding hydrogens is 376 g/mol. The van der Waals surface area contributed by atoms with Crippen LogP contribution in [0, 0.1) is 5.92 Å². The van der Waals surface area contributed by atoms with Crippen molar-refractivity contribution in [2.45, 2.75) is 24.8 Å². The second-order valence-electron chi connectivity index (χ2n) is 5.96. The summed E-state index contributed by atoms with van der Waals surface area (Å²) in [6, 6.07) is 12.9. The van der Waals surface area contributed by atoms with Crippen LogP contribution < -0.4 is 10.0 Å². The summed E-state index contributed by atoms with van der Waals surface area (Å²) in [4.78, 5) is 24.8. The first kappa shape index (κ1) is 19.9. The molecule has 0 saturated heterocycles. The van der Waals surface area contributed by atoms with Crippen LogP contribution in [-0.2, 0) is 14.8 Å². The summed E-state index contributed by atoms with van der Waals surface area (Å²) in [5.41, 5.74) is 0.207. The van der Waals surface area contributed by atoms with E-state index in [0.717, 1.165) is 0 Å². The maximum Gasteiger partial charge on any atom is 0.264 e. The van der Waals surface area contributed by atoms with E-state index in [1.54, 1.807) is 50.2 Å². The normalized spacial score (nSPS) is 12.5. The van der Waals surface area contributed by atoms with Gasteiger partial charge in [-0.2, -0.15) is 0 Å². The molecule has 26 heavy (non-hydrogen) atoms. The van der Waals surface area contributed by atoms with Gasteiger partial charge in [-0.05, 0) is 30.2 Å². The van der Waals surface area contributed by atoms with Crippen LogP contribution in [0.5, 0.6) is 0 Å². The highest BCUT2D eigenvalue weighted by Gasteiger charge is 2.29. The van der Waals surface area contributed by atoms with Gasteiger partial charge in [-0.15, -0.1) is 0 Å². The molecule has 138 valence electrons. The number of nitrogens with one attached hydrogen (secondary N) is 2. The molecule has 2 rings (SSSR count). The van der Waals surface area contributed by atoms with Crippen LogP contribution in [0.1, 0.15) is 24.2 Å². The summed E-state index contributed by atoms with van der Waals surface area (Å²) in [5, 5.41) is 2.79. The van der Waals surface area contributed by atoms with E-state index in [1.807, 2.05) is 4.72 Å². The minimum Gasteiger partial charge on any atom is -0.340 e. The number of rotatable bonds is 6. The van der Waals surface area contributed by atoms with Crippen molar-refractivity contribution in [2.75, 3.05) is 0 Å². The van der Waals surface area contributed by atoms with E-state index in [2.05, 4.69) is 5.32 Å². The van der Waals surface area contributed by atoms with Gasteiger partial charge in [0.15, 0.2) is 0 Å². The largest absolute Gasteiger partial charge is 0.340 e. The third kappa shape index (κ3) is 4.83. The highest BCUT2D eigenvalue weighted by molar-refractivity contribution is 7.90. The molecular formula is C18H19ClN2O4S. The average molecular weight is 395 g/mol. The van der Waals surface area contributed by atoms with E-state index in [-0.39, 0.29) is 21.4 Å². The molecule has 0 bridgehead atoms. The van der Waals surface area contributed by atoms with E-state index in [1.165, 1.54) is 18.2 Å². The molecule has 0 spiro atoms. The van der Waals surface area contributed by atoms with Gasteiger partial charge >= 0.3 is 0 Å². The van der Waals surface area contributed by atoms with Crippen molar-refractivity contribution >= 4 is 33.4 Å². The Hall–Kier alpha value is -2.38. The SMILES string of the molecule is CC(C)C(NC(=O)c1ccccc1Cl)C(=O)NS(=O)(=O)c1ccccc1. The van der Waals surface area contributed by atoms with Crippen molar-refractivity contribution in [1.29, 1.82) is 0 Å². The molecule has 0 saturated carbocycles. The Balaban J connectivity index is 2.18. The number of carbonyl (C=O) groups excluding carboxylic acids is 2. The smallest absolute Gasteiger partial charge is 0.264 e. The first-order valence-corrected chi connectivity index (χ1v) is 9.75. The Bertz CT molecular complexity index is 898.